The summed E-state index contributed by atoms with van der Waals surface area (Å²) >= 11 is 0. The van der Waals surface area contributed by atoms with Crippen molar-refractivity contribution >= 4 is 10.9 Å². The van der Waals surface area contributed by atoms with E-state index in [1.807, 2.05) is 29.1 Å². The summed E-state index contributed by atoms with van der Waals surface area (Å²) < 4.78 is 1.91. The maximum absolute atomic E-state index is 4.67. The van der Waals surface area contributed by atoms with Crippen LogP contribution < -0.4 is 0 Å². The van der Waals surface area contributed by atoms with E-state index in [0.29, 0.717) is 11.3 Å². The molecule has 4 rings (SSSR count). The summed E-state index contributed by atoms with van der Waals surface area (Å²) in [7, 11) is 0. The highest BCUT2D eigenvalue weighted by molar-refractivity contribution is 5.78. The highest BCUT2D eigenvalue weighted by atomic mass is 15.3. The zero-order valence-electron chi connectivity index (χ0n) is 14.6. The highest BCUT2D eigenvalue weighted by Crippen LogP contribution is 2.46. The number of hydrogen-bond acceptors (Lipinski definition) is 2. The first-order chi connectivity index (χ1) is 11.7. The SMILES string of the molecule is CC(c1ccnc(-n2cc3ccccc3n2)c1)C1(C)CCCCC1. The Hall–Kier alpha value is -2.16. The normalized spacial score (nSPS) is 18.6. The maximum atomic E-state index is 4.67. The van der Waals surface area contributed by atoms with Gasteiger partial charge in [0.25, 0.3) is 0 Å². The fraction of sp³-hybridized carbons (Fsp3) is 0.429. The summed E-state index contributed by atoms with van der Waals surface area (Å²) in [5.41, 5.74) is 2.80. The van der Waals surface area contributed by atoms with Crippen LogP contribution in [0.3, 0.4) is 0 Å². The first-order valence-electron chi connectivity index (χ1n) is 9.06. The molecule has 2 heterocycles. The largest absolute Gasteiger partial charge is 0.237 e. The van der Waals surface area contributed by atoms with E-state index in [1.54, 1.807) is 0 Å². The third kappa shape index (κ3) is 2.72. The Morgan fingerprint density at radius 1 is 1.08 bits per heavy atom. The highest BCUT2D eigenvalue weighted by Gasteiger charge is 2.33. The second kappa shape index (κ2) is 6.04. The van der Waals surface area contributed by atoms with Crippen LogP contribution in [0.2, 0.25) is 0 Å². The van der Waals surface area contributed by atoms with Gasteiger partial charge in [0.2, 0.25) is 0 Å². The van der Waals surface area contributed by atoms with Crippen LogP contribution in [0.5, 0.6) is 0 Å². The number of hydrogen-bond donors (Lipinski definition) is 0. The summed E-state index contributed by atoms with van der Waals surface area (Å²) in [4.78, 5) is 4.56. The summed E-state index contributed by atoms with van der Waals surface area (Å²) in [5, 5.41) is 5.82. The van der Waals surface area contributed by atoms with E-state index < -0.39 is 0 Å². The van der Waals surface area contributed by atoms with Crippen molar-refractivity contribution in [3.63, 3.8) is 0 Å². The van der Waals surface area contributed by atoms with Gasteiger partial charge < -0.3 is 0 Å². The van der Waals surface area contributed by atoms with Gasteiger partial charge in [0, 0.05) is 17.8 Å². The van der Waals surface area contributed by atoms with E-state index in [0.717, 1.165) is 16.7 Å². The summed E-state index contributed by atoms with van der Waals surface area (Å²) in [5.74, 6) is 1.46. The van der Waals surface area contributed by atoms with E-state index in [-0.39, 0.29) is 0 Å². The Morgan fingerprint density at radius 3 is 2.67 bits per heavy atom. The van der Waals surface area contributed by atoms with Crippen LogP contribution in [0.25, 0.3) is 16.7 Å². The molecule has 0 amide bonds. The zero-order chi connectivity index (χ0) is 16.6. The molecule has 1 atom stereocenters. The van der Waals surface area contributed by atoms with E-state index in [4.69, 9.17) is 0 Å². The lowest BCUT2D eigenvalue weighted by molar-refractivity contribution is 0.177. The Kier molecular flexibility index (Phi) is 3.87. The lowest BCUT2D eigenvalue weighted by Gasteiger charge is -2.39. The third-order valence-electron chi connectivity index (χ3n) is 5.96. The van der Waals surface area contributed by atoms with Gasteiger partial charge in [0.05, 0.1) is 5.52 Å². The van der Waals surface area contributed by atoms with Crippen LogP contribution >= 0.6 is 0 Å². The molecule has 124 valence electrons. The average Bonchev–Trinajstić information content (AvgIpc) is 3.06. The molecule has 0 spiro atoms. The van der Waals surface area contributed by atoms with Crippen molar-refractivity contribution in [2.24, 2.45) is 5.41 Å². The molecule has 1 saturated carbocycles. The smallest absolute Gasteiger partial charge is 0.153 e. The Bertz CT molecular complexity index is 810. The minimum Gasteiger partial charge on any atom is -0.237 e. The summed E-state index contributed by atoms with van der Waals surface area (Å²) in [6.07, 6.45) is 10.8. The lowest BCUT2D eigenvalue weighted by Crippen LogP contribution is -2.26. The molecule has 2 aromatic heterocycles. The molecule has 0 radical (unpaired) electrons. The Morgan fingerprint density at radius 2 is 1.88 bits per heavy atom. The first-order valence-corrected chi connectivity index (χ1v) is 9.06. The van der Waals surface area contributed by atoms with Crippen molar-refractivity contribution < 1.29 is 0 Å². The van der Waals surface area contributed by atoms with Crippen LogP contribution in [-0.2, 0) is 0 Å². The van der Waals surface area contributed by atoms with Crippen molar-refractivity contribution in [2.75, 3.05) is 0 Å². The summed E-state index contributed by atoms with van der Waals surface area (Å²) in [6.45, 7) is 4.84. The Balaban J connectivity index is 1.68. The van der Waals surface area contributed by atoms with Crippen LogP contribution in [0.4, 0.5) is 0 Å². The number of nitrogens with zero attached hydrogens (tertiary/aromatic N) is 3. The molecule has 3 heteroatoms. The average molecular weight is 319 g/mol. The number of benzene rings is 1. The molecule has 1 aromatic carbocycles. The molecule has 0 bridgehead atoms. The van der Waals surface area contributed by atoms with Gasteiger partial charge in [-0.05, 0) is 47.9 Å². The zero-order valence-corrected chi connectivity index (χ0v) is 14.6. The lowest BCUT2D eigenvalue weighted by atomic mass is 9.66. The second-order valence-corrected chi connectivity index (χ2v) is 7.52. The molecule has 0 saturated heterocycles. The number of aromatic nitrogens is 3. The van der Waals surface area contributed by atoms with Crippen molar-refractivity contribution in [3.05, 3.63) is 54.4 Å². The van der Waals surface area contributed by atoms with Gasteiger partial charge in [-0.25, -0.2) is 9.67 Å². The molecule has 1 aliphatic rings. The third-order valence-corrected chi connectivity index (χ3v) is 5.96. The van der Waals surface area contributed by atoms with E-state index in [2.05, 4.69) is 48.3 Å². The number of fused-ring (bicyclic) bond motifs is 1. The summed E-state index contributed by atoms with van der Waals surface area (Å²) in [6, 6.07) is 12.6. The van der Waals surface area contributed by atoms with E-state index >= 15 is 0 Å². The van der Waals surface area contributed by atoms with E-state index in [9.17, 15) is 0 Å². The van der Waals surface area contributed by atoms with Gasteiger partial charge in [-0.3, -0.25) is 0 Å². The van der Waals surface area contributed by atoms with E-state index in [1.165, 1.54) is 37.7 Å². The molecular weight excluding hydrogens is 294 g/mol. The van der Waals surface area contributed by atoms with Crippen LogP contribution in [0.15, 0.2) is 48.8 Å². The topological polar surface area (TPSA) is 30.7 Å². The monoisotopic (exact) mass is 319 g/mol. The predicted molar refractivity (Wildman–Crippen MR) is 98.5 cm³/mol. The molecule has 0 aliphatic heterocycles. The van der Waals surface area contributed by atoms with Crippen LogP contribution in [0, 0.1) is 5.41 Å². The molecule has 1 fully saturated rings. The second-order valence-electron chi connectivity index (χ2n) is 7.52. The van der Waals surface area contributed by atoms with Gasteiger partial charge in [0.15, 0.2) is 5.82 Å². The molecule has 3 nitrogen and oxygen atoms in total. The molecule has 24 heavy (non-hydrogen) atoms. The molecule has 1 unspecified atom stereocenters. The van der Waals surface area contributed by atoms with Gasteiger partial charge in [-0.15, -0.1) is 0 Å². The fourth-order valence-corrected chi connectivity index (χ4v) is 4.11. The maximum Gasteiger partial charge on any atom is 0.153 e. The first kappa shape index (κ1) is 15.4. The number of pyridine rings is 1. The predicted octanol–water partition coefficient (Wildman–Crippen LogP) is 5.49. The van der Waals surface area contributed by atoms with Gasteiger partial charge >= 0.3 is 0 Å². The van der Waals surface area contributed by atoms with Crippen molar-refractivity contribution in [3.8, 4) is 5.82 Å². The van der Waals surface area contributed by atoms with Crippen LogP contribution in [-0.4, -0.2) is 14.8 Å². The van der Waals surface area contributed by atoms with Crippen molar-refractivity contribution in [1.29, 1.82) is 0 Å². The number of rotatable bonds is 3. The van der Waals surface area contributed by atoms with Gasteiger partial charge in [0.1, 0.15) is 0 Å². The minimum atomic E-state index is 0.408. The van der Waals surface area contributed by atoms with Crippen molar-refractivity contribution in [2.45, 2.75) is 51.9 Å². The molecule has 3 aromatic rings. The quantitative estimate of drug-likeness (QED) is 0.638. The van der Waals surface area contributed by atoms with Gasteiger partial charge in [-0.1, -0.05) is 51.3 Å². The fourth-order valence-electron chi connectivity index (χ4n) is 4.11. The molecular formula is C21H25N3. The van der Waals surface area contributed by atoms with Crippen LogP contribution in [0.1, 0.15) is 57.4 Å². The molecule has 0 N–H and O–H groups in total. The molecule has 1 aliphatic carbocycles. The van der Waals surface area contributed by atoms with Gasteiger partial charge in [-0.2, -0.15) is 5.10 Å². The Labute approximate surface area is 143 Å². The van der Waals surface area contributed by atoms with Crippen molar-refractivity contribution in [1.82, 2.24) is 14.8 Å². The minimum absolute atomic E-state index is 0.408. The standard InChI is InChI=1S/C21H25N3/c1-16(21(2)11-6-3-7-12-21)17-10-13-22-20(14-17)24-15-18-8-4-5-9-19(18)23-24/h4-5,8-10,13-16H,3,6-7,11-12H2,1-2H3.